The first kappa shape index (κ1) is 13.2. The van der Waals surface area contributed by atoms with Crippen LogP contribution in [0.25, 0.3) is 0 Å². The fourth-order valence-corrected chi connectivity index (χ4v) is 1.90. The van der Waals surface area contributed by atoms with Gasteiger partial charge in [0.05, 0.1) is 10.6 Å². The van der Waals surface area contributed by atoms with Gasteiger partial charge in [0.15, 0.2) is 0 Å². The highest BCUT2D eigenvalue weighted by atomic mass is 35.5. The average molecular weight is 277 g/mol. The van der Waals surface area contributed by atoms with Crippen molar-refractivity contribution in [2.24, 2.45) is 0 Å². The van der Waals surface area contributed by atoms with Crippen LogP contribution in [-0.2, 0) is 0 Å². The molecule has 0 aliphatic heterocycles. The Hall–Kier alpha value is -2.20. The Morgan fingerprint density at radius 3 is 2.68 bits per heavy atom. The highest BCUT2D eigenvalue weighted by Crippen LogP contribution is 2.24. The summed E-state index contributed by atoms with van der Waals surface area (Å²) in [6.45, 7) is 0. The zero-order chi connectivity index (χ0) is 14.0. The number of amides is 1. The number of nitrogen functional groups attached to an aromatic ring is 1. The zero-order valence-corrected chi connectivity index (χ0v) is 11.1. The molecule has 0 saturated heterocycles. The topological polar surface area (TPSA) is 66.6 Å². The van der Waals surface area contributed by atoms with Crippen molar-refractivity contribution in [3.8, 4) is 5.75 Å². The fourth-order valence-electron chi connectivity index (χ4n) is 1.71. The lowest BCUT2D eigenvalue weighted by molar-refractivity contribution is 0.0993. The molecular weight excluding hydrogens is 264 g/mol. The van der Waals surface area contributed by atoms with Crippen molar-refractivity contribution in [1.29, 1.82) is 0 Å². The maximum absolute atomic E-state index is 12.3. The Labute approximate surface area is 116 Å². The number of carbonyl (C=O) groups is 1. The van der Waals surface area contributed by atoms with Gasteiger partial charge in [0, 0.05) is 24.5 Å². The summed E-state index contributed by atoms with van der Waals surface area (Å²) in [6.07, 6.45) is 0. The van der Waals surface area contributed by atoms with E-state index >= 15 is 0 Å². The van der Waals surface area contributed by atoms with Crippen LogP contribution < -0.4 is 10.6 Å². The molecule has 0 fully saturated rings. The van der Waals surface area contributed by atoms with Crippen LogP contribution in [0.1, 0.15) is 10.4 Å². The van der Waals surface area contributed by atoms with Crippen LogP contribution in [-0.4, -0.2) is 18.1 Å². The van der Waals surface area contributed by atoms with Gasteiger partial charge in [-0.05, 0) is 30.3 Å². The van der Waals surface area contributed by atoms with E-state index in [2.05, 4.69) is 0 Å². The van der Waals surface area contributed by atoms with E-state index in [0.717, 1.165) is 0 Å². The normalized spacial score (nSPS) is 10.2. The molecule has 2 rings (SSSR count). The molecule has 0 unspecified atom stereocenters. The van der Waals surface area contributed by atoms with E-state index in [0.29, 0.717) is 22.0 Å². The van der Waals surface area contributed by atoms with Crippen LogP contribution in [0, 0.1) is 0 Å². The SMILES string of the molecule is CN(C(=O)c1cc(N)ccc1Cl)c1cccc(O)c1. The van der Waals surface area contributed by atoms with E-state index in [-0.39, 0.29) is 11.7 Å². The van der Waals surface area contributed by atoms with E-state index in [1.807, 2.05) is 0 Å². The van der Waals surface area contributed by atoms with Crippen LogP contribution in [0.2, 0.25) is 5.02 Å². The summed E-state index contributed by atoms with van der Waals surface area (Å²) in [4.78, 5) is 13.7. The van der Waals surface area contributed by atoms with Crippen molar-refractivity contribution in [3.63, 3.8) is 0 Å². The standard InChI is InChI=1S/C14H13ClN2O2/c1-17(10-3-2-4-11(18)8-10)14(19)12-7-9(16)5-6-13(12)15/h2-8,18H,16H2,1H3. The first-order valence-corrected chi connectivity index (χ1v) is 5.99. The number of carbonyl (C=O) groups excluding carboxylic acids is 1. The van der Waals surface area contributed by atoms with E-state index < -0.39 is 0 Å². The molecule has 0 heterocycles. The molecule has 19 heavy (non-hydrogen) atoms. The van der Waals surface area contributed by atoms with Crippen molar-refractivity contribution in [3.05, 3.63) is 53.1 Å². The number of halogens is 1. The summed E-state index contributed by atoms with van der Waals surface area (Å²) in [6, 6.07) is 11.2. The van der Waals surface area contributed by atoms with E-state index in [9.17, 15) is 9.90 Å². The predicted octanol–water partition coefficient (Wildman–Crippen LogP) is 2.90. The lowest BCUT2D eigenvalue weighted by Gasteiger charge is -2.18. The third-order valence-electron chi connectivity index (χ3n) is 2.74. The summed E-state index contributed by atoms with van der Waals surface area (Å²) in [5, 5.41) is 9.77. The summed E-state index contributed by atoms with van der Waals surface area (Å²) in [5.74, 6) is -0.196. The largest absolute Gasteiger partial charge is 0.508 e. The number of hydrogen-bond acceptors (Lipinski definition) is 3. The number of phenols is 1. The van der Waals surface area contributed by atoms with Gasteiger partial charge in [-0.25, -0.2) is 0 Å². The van der Waals surface area contributed by atoms with Gasteiger partial charge in [0.1, 0.15) is 5.75 Å². The van der Waals surface area contributed by atoms with E-state index in [1.165, 1.54) is 23.1 Å². The Bertz CT molecular complexity index is 629. The Morgan fingerprint density at radius 1 is 1.26 bits per heavy atom. The van der Waals surface area contributed by atoms with Gasteiger partial charge < -0.3 is 15.7 Å². The van der Waals surface area contributed by atoms with Gasteiger partial charge in [0.2, 0.25) is 0 Å². The molecule has 5 heteroatoms. The van der Waals surface area contributed by atoms with E-state index in [4.69, 9.17) is 17.3 Å². The number of rotatable bonds is 2. The third-order valence-corrected chi connectivity index (χ3v) is 3.07. The molecule has 0 spiro atoms. The fraction of sp³-hybridized carbons (Fsp3) is 0.0714. The molecule has 4 nitrogen and oxygen atoms in total. The monoisotopic (exact) mass is 276 g/mol. The zero-order valence-electron chi connectivity index (χ0n) is 10.3. The molecule has 0 aliphatic carbocycles. The van der Waals surface area contributed by atoms with E-state index in [1.54, 1.807) is 31.3 Å². The minimum Gasteiger partial charge on any atom is -0.508 e. The third kappa shape index (κ3) is 2.80. The second-order valence-corrected chi connectivity index (χ2v) is 4.53. The molecule has 2 aromatic rings. The number of nitrogens with two attached hydrogens (primary N) is 1. The number of phenolic OH excluding ortho intramolecular Hbond substituents is 1. The van der Waals surface area contributed by atoms with Gasteiger partial charge in [-0.1, -0.05) is 17.7 Å². The van der Waals surface area contributed by atoms with Crippen molar-refractivity contribution >= 4 is 28.9 Å². The molecule has 0 atom stereocenters. The van der Waals surface area contributed by atoms with Crippen molar-refractivity contribution in [1.82, 2.24) is 0 Å². The van der Waals surface area contributed by atoms with Crippen molar-refractivity contribution in [2.75, 3.05) is 17.7 Å². The van der Waals surface area contributed by atoms with Crippen LogP contribution in [0.4, 0.5) is 11.4 Å². The molecule has 98 valence electrons. The van der Waals surface area contributed by atoms with Gasteiger partial charge in [-0.2, -0.15) is 0 Å². The summed E-state index contributed by atoms with van der Waals surface area (Å²) in [7, 11) is 1.61. The second-order valence-electron chi connectivity index (χ2n) is 4.12. The molecular formula is C14H13ClN2O2. The molecule has 0 aliphatic rings. The quantitative estimate of drug-likeness (QED) is 0.829. The van der Waals surface area contributed by atoms with Crippen molar-refractivity contribution < 1.29 is 9.90 Å². The van der Waals surface area contributed by atoms with Crippen LogP contribution in [0.5, 0.6) is 5.75 Å². The Morgan fingerprint density at radius 2 is 2.00 bits per heavy atom. The Kier molecular flexibility index (Phi) is 3.62. The second kappa shape index (κ2) is 5.20. The number of hydrogen-bond donors (Lipinski definition) is 2. The summed E-state index contributed by atoms with van der Waals surface area (Å²) in [5.41, 5.74) is 7.03. The molecule has 0 bridgehead atoms. The first-order chi connectivity index (χ1) is 8.99. The number of aromatic hydroxyl groups is 1. The molecule has 0 radical (unpaired) electrons. The number of nitrogens with zero attached hydrogens (tertiary/aromatic N) is 1. The van der Waals surface area contributed by atoms with Gasteiger partial charge in [0.25, 0.3) is 5.91 Å². The minimum absolute atomic E-state index is 0.0934. The molecule has 2 aromatic carbocycles. The lowest BCUT2D eigenvalue weighted by atomic mass is 10.1. The minimum atomic E-state index is -0.289. The summed E-state index contributed by atoms with van der Waals surface area (Å²) >= 11 is 6.00. The average Bonchev–Trinajstić information content (AvgIpc) is 2.40. The first-order valence-electron chi connectivity index (χ1n) is 5.61. The highest BCUT2D eigenvalue weighted by molar-refractivity contribution is 6.34. The van der Waals surface area contributed by atoms with Crippen LogP contribution in [0.15, 0.2) is 42.5 Å². The van der Waals surface area contributed by atoms with Gasteiger partial charge >= 0.3 is 0 Å². The molecule has 3 N–H and O–H groups in total. The smallest absolute Gasteiger partial charge is 0.259 e. The highest BCUT2D eigenvalue weighted by Gasteiger charge is 2.17. The molecule has 0 aromatic heterocycles. The van der Waals surface area contributed by atoms with Crippen molar-refractivity contribution in [2.45, 2.75) is 0 Å². The summed E-state index contributed by atoms with van der Waals surface area (Å²) < 4.78 is 0. The van der Waals surface area contributed by atoms with Gasteiger partial charge in [-0.3, -0.25) is 4.79 Å². The number of anilines is 2. The van der Waals surface area contributed by atoms with Crippen LogP contribution >= 0.6 is 11.6 Å². The number of benzene rings is 2. The predicted molar refractivity (Wildman–Crippen MR) is 76.7 cm³/mol. The molecule has 0 saturated carbocycles. The Balaban J connectivity index is 2.36. The lowest BCUT2D eigenvalue weighted by Crippen LogP contribution is -2.26. The van der Waals surface area contributed by atoms with Gasteiger partial charge in [-0.15, -0.1) is 0 Å². The maximum Gasteiger partial charge on any atom is 0.259 e. The maximum atomic E-state index is 12.3. The molecule has 1 amide bonds. The van der Waals surface area contributed by atoms with Crippen LogP contribution in [0.3, 0.4) is 0 Å².